The van der Waals surface area contributed by atoms with Crippen LogP contribution in [0, 0.1) is 5.92 Å². The molecule has 2 N–H and O–H groups in total. The summed E-state index contributed by atoms with van der Waals surface area (Å²) in [7, 11) is 3.14. The fourth-order valence-electron chi connectivity index (χ4n) is 11.1. The number of nitrogens with zero attached hydrogens (tertiary/aromatic N) is 3. The number of urea groups is 1. The molecule has 7 atom stereocenters. The third-order valence-corrected chi connectivity index (χ3v) is 14.1. The molecule has 2 saturated heterocycles. The topological polar surface area (TPSA) is 147 Å². The number of aliphatic hydroxyl groups excluding tert-OH is 1. The number of imide groups is 1. The van der Waals surface area contributed by atoms with Crippen molar-refractivity contribution in [3.8, 4) is 17.2 Å². The van der Waals surface area contributed by atoms with Crippen molar-refractivity contribution in [2.24, 2.45) is 5.92 Å². The number of morpholine rings is 1. The number of amides is 4. The Kier molecular flexibility index (Phi) is 11.9. The molecule has 346 valence electrons. The van der Waals surface area contributed by atoms with Crippen LogP contribution in [-0.4, -0.2) is 78.7 Å². The zero-order valence-electron chi connectivity index (χ0n) is 38.0. The maximum atomic E-state index is 16.6. The van der Waals surface area contributed by atoms with E-state index in [1.54, 1.807) is 49.5 Å². The highest BCUT2D eigenvalue weighted by Crippen LogP contribution is 2.66. The predicted molar refractivity (Wildman–Crippen MR) is 253 cm³/mol. The molecule has 6 aromatic rings. The molecular weight excluding hydrogens is 861 g/mol. The molecule has 4 aliphatic heterocycles. The Morgan fingerprint density at radius 3 is 2.04 bits per heavy atom. The van der Waals surface area contributed by atoms with E-state index in [-0.39, 0.29) is 26.3 Å². The van der Waals surface area contributed by atoms with Gasteiger partial charge in [0.15, 0.2) is 11.5 Å². The second kappa shape index (κ2) is 18.3. The summed E-state index contributed by atoms with van der Waals surface area (Å²) in [5.74, 6) is -1.59. The molecule has 7 unspecified atom stereocenters. The van der Waals surface area contributed by atoms with Crippen LogP contribution in [0.3, 0.4) is 0 Å². The molecule has 0 aromatic heterocycles. The van der Waals surface area contributed by atoms with Gasteiger partial charge in [0.1, 0.15) is 29.9 Å². The second-order valence-electron chi connectivity index (χ2n) is 17.6. The molecule has 0 saturated carbocycles. The Balaban J connectivity index is 1.21. The van der Waals surface area contributed by atoms with Crippen molar-refractivity contribution in [1.29, 1.82) is 0 Å². The van der Waals surface area contributed by atoms with Crippen molar-refractivity contribution >= 4 is 29.5 Å². The van der Waals surface area contributed by atoms with Gasteiger partial charge >= 0.3 is 12.0 Å². The highest BCUT2D eigenvalue weighted by atomic mass is 16.6. The summed E-state index contributed by atoms with van der Waals surface area (Å²) in [5.41, 5.74) is 3.65. The molecule has 2 fully saturated rings. The lowest BCUT2D eigenvalue weighted by molar-refractivity contribution is -0.179. The molecule has 4 aliphatic rings. The third-order valence-electron chi connectivity index (χ3n) is 14.1. The average molecular weight is 913 g/mol. The lowest BCUT2D eigenvalue weighted by Gasteiger charge is -2.46. The molecule has 10 rings (SSSR count). The van der Waals surface area contributed by atoms with Crippen molar-refractivity contribution < 1.29 is 43.2 Å². The maximum absolute atomic E-state index is 16.6. The molecule has 68 heavy (non-hydrogen) atoms. The van der Waals surface area contributed by atoms with Gasteiger partial charge in [-0.05, 0) is 82.6 Å². The number of aliphatic hydroxyl groups is 1. The fraction of sp³-hybridized carbons (Fsp3) is 0.273. The summed E-state index contributed by atoms with van der Waals surface area (Å²) in [5, 5.41) is 12.7. The second-order valence-corrected chi connectivity index (χ2v) is 17.6. The van der Waals surface area contributed by atoms with Crippen LogP contribution in [0.1, 0.15) is 70.1 Å². The summed E-state index contributed by atoms with van der Waals surface area (Å²) in [6.07, 6.45) is -0.400. The average Bonchev–Trinajstić information content (AvgIpc) is 3.84. The van der Waals surface area contributed by atoms with Crippen molar-refractivity contribution in [3.63, 3.8) is 0 Å². The predicted octanol–water partition coefficient (Wildman–Crippen LogP) is 7.80. The quantitative estimate of drug-likeness (QED) is 0.124. The van der Waals surface area contributed by atoms with E-state index in [9.17, 15) is 9.90 Å². The lowest BCUT2D eigenvalue weighted by Crippen LogP contribution is -2.57. The van der Waals surface area contributed by atoms with Crippen molar-refractivity contribution in [3.05, 3.63) is 191 Å². The van der Waals surface area contributed by atoms with Gasteiger partial charge in [-0.25, -0.2) is 9.69 Å². The normalized spacial score (nSPS) is 23.3. The molecule has 0 radical (unpaired) electrons. The van der Waals surface area contributed by atoms with E-state index in [0.717, 1.165) is 27.8 Å². The molecule has 6 aromatic carbocycles. The van der Waals surface area contributed by atoms with Gasteiger partial charge in [-0.3, -0.25) is 19.3 Å². The molecule has 4 heterocycles. The summed E-state index contributed by atoms with van der Waals surface area (Å²) in [6, 6.07) is 42.5. The first kappa shape index (κ1) is 44.4. The Hall–Kier alpha value is -7.48. The number of hydrogen-bond acceptors (Lipinski definition) is 10. The van der Waals surface area contributed by atoms with E-state index in [2.05, 4.69) is 5.32 Å². The first-order valence-electron chi connectivity index (χ1n) is 22.9. The van der Waals surface area contributed by atoms with Gasteiger partial charge in [0.2, 0.25) is 11.8 Å². The van der Waals surface area contributed by atoms with E-state index in [1.165, 1.54) is 4.90 Å². The number of carbonyl (C=O) groups excluding carboxylic acids is 4. The van der Waals surface area contributed by atoms with E-state index in [0.29, 0.717) is 40.5 Å². The number of carbonyl (C=O) groups is 4. The van der Waals surface area contributed by atoms with Crippen LogP contribution in [0.2, 0.25) is 0 Å². The number of methoxy groups -OCH3 is 2. The number of fused-ring (bicyclic) bond motifs is 4. The van der Waals surface area contributed by atoms with Gasteiger partial charge in [0, 0.05) is 13.1 Å². The van der Waals surface area contributed by atoms with Gasteiger partial charge in [0.05, 0.1) is 50.6 Å². The summed E-state index contributed by atoms with van der Waals surface area (Å²) in [4.78, 5) is 68.3. The zero-order valence-corrected chi connectivity index (χ0v) is 38.0. The molecule has 0 aliphatic carbocycles. The van der Waals surface area contributed by atoms with Crippen LogP contribution < -0.4 is 24.4 Å². The molecule has 0 bridgehead atoms. The van der Waals surface area contributed by atoms with Gasteiger partial charge in [-0.1, -0.05) is 121 Å². The van der Waals surface area contributed by atoms with E-state index >= 15 is 14.4 Å². The lowest BCUT2D eigenvalue weighted by atomic mass is 9.65. The maximum Gasteiger partial charge on any atom is 0.329 e. The Morgan fingerprint density at radius 2 is 1.38 bits per heavy atom. The number of para-hydroxylation sites is 1. The molecule has 1 spiro atoms. The Morgan fingerprint density at radius 1 is 0.765 bits per heavy atom. The van der Waals surface area contributed by atoms with Crippen molar-refractivity contribution in [2.45, 2.75) is 55.6 Å². The summed E-state index contributed by atoms with van der Waals surface area (Å²) in [6.45, 7) is 2.16. The van der Waals surface area contributed by atoms with Crippen LogP contribution in [-0.2, 0) is 37.5 Å². The minimum Gasteiger partial charge on any atom is -0.493 e. The zero-order chi connectivity index (χ0) is 47.1. The number of cyclic esters (lactones) is 1. The number of esters is 1. The molecule has 13 nitrogen and oxygen atoms in total. The molecular formula is C55H52N4O9. The van der Waals surface area contributed by atoms with Crippen molar-refractivity contribution in [2.75, 3.05) is 38.9 Å². The minimum atomic E-state index is -1.89. The molecule has 13 heteroatoms. The number of benzene rings is 6. The standard InChI is InChI=1S/C55H52N4O9/c1-34(35-15-7-4-8-16-35)56-54(64)58-43-22-14-13-21-42(43)55(53(58)63)46(51(61)57-28-27-39-31-44(65-2)45(66-3)32-40(39)33-57)48-52(62)68-49(37-19-11-6-12-20-37)47(36-17-9-5-10-18-36)59(48)50(55)38-23-25-41(26-24-38)67-30-29-60/h4-26,31-32,34,46-50,60H,27-30,33H2,1-3H3,(H,56,64). The third kappa shape index (κ3) is 7.33. The summed E-state index contributed by atoms with van der Waals surface area (Å²) < 4.78 is 23.8. The number of nitrogens with one attached hydrogen (secondary N) is 1. The monoisotopic (exact) mass is 912 g/mol. The van der Waals surface area contributed by atoms with Crippen LogP contribution in [0.25, 0.3) is 0 Å². The number of rotatable bonds is 11. The SMILES string of the molecule is COc1cc2c(cc1OC)CN(C(=O)C1C3C(=O)OC(c4ccccc4)C(c4ccccc4)N3C(c3ccc(OCCO)cc3)C13C(=O)N(C(=O)NC(C)c1ccccc1)c1ccccc13)CC2. The smallest absolute Gasteiger partial charge is 0.329 e. The Bertz CT molecular complexity index is 2850. The van der Waals surface area contributed by atoms with Crippen molar-refractivity contribution in [1.82, 2.24) is 15.1 Å². The summed E-state index contributed by atoms with van der Waals surface area (Å²) >= 11 is 0. The largest absolute Gasteiger partial charge is 0.493 e. The number of hydrogen-bond donors (Lipinski definition) is 2. The number of anilines is 1. The van der Waals surface area contributed by atoms with Gasteiger partial charge in [-0.15, -0.1) is 0 Å². The highest BCUT2D eigenvalue weighted by molar-refractivity contribution is 6.24. The fourth-order valence-corrected chi connectivity index (χ4v) is 11.1. The van der Waals surface area contributed by atoms with Crippen LogP contribution in [0.4, 0.5) is 10.5 Å². The van der Waals surface area contributed by atoms with E-state index < -0.39 is 65.4 Å². The van der Waals surface area contributed by atoms with E-state index in [4.69, 9.17) is 18.9 Å². The highest BCUT2D eigenvalue weighted by Gasteiger charge is 2.76. The van der Waals surface area contributed by atoms with Crippen LogP contribution >= 0.6 is 0 Å². The van der Waals surface area contributed by atoms with E-state index in [1.807, 2.05) is 133 Å². The Labute approximate surface area is 394 Å². The van der Waals surface area contributed by atoms with Crippen LogP contribution in [0.15, 0.2) is 152 Å². The van der Waals surface area contributed by atoms with Gasteiger partial charge in [0.25, 0.3) is 0 Å². The molecule has 4 amide bonds. The first-order chi connectivity index (χ1) is 33.2. The number of ether oxygens (including phenoxy) is 4. The van der Waals surface area contributed by atoms with Gasteiger partial charge < -0.3 is 34.3 Å². The first-order valence-corrected chi connectivity index (χ1v) is 22.9. The van der Waals surface area contributed by atoms with Crippen LogP contribution in [0.5, 0.6) is 17.2 Å². The minimum absolute atomic E-state index is 0.0626. The van der Waals surface area contributed by atoms with Gasteiger partial charge in [-0.2, -0.15) is 0 Å².